The highest BCUT2D eigenvalue weighted by Gasteiger charge is 2.27. The number of nitrogens with zero attached hydrogens (tertiary/aromatic N) is 1. The van der Waals surface area contributed by atoms with Crippen molar-refractivity contribution >= 4 is 0 Å². The fourth-order valence-corrected chi connectivity index (χ4v) is 3.27. The SMILES string of the molecule is CCC(c1ccccc1)N1CCCCC1CCN. The highest BCUT2D eigenvalue weighted by Crippen LogP contribution is 2.31. The van der Waals surface area contributed by atoms with Crippen LogP contribution in [-0.4, -0.2) is 24.0 Å². The number of rotatable bonds is 5. The van der Waals surface area contributed by atoms with Gasteiger partial charge in [-0.2, -0.15) is 0 Å². The first kappa shape index (κ1) is 13.6. The Morgan fingerprint density at radius 2 is 2.06 bits per heavy atom. The lowest BCUT2D eigenvalue weighted by Gasteiger charge is -2.41. The zero-order valence-corrected chi connectivity index (χ0v) is 11.5. The second-order valence-corrected chi connectivity index (χ2v) is 5.30. The molecule has 0 saturated carbocycles. The predicted molar refractivity (Wildman–Crippen MR) is 77.5 cm³/mol. The van der Waals surface area contributed by atoms with E-state index in [9.17, 15) is 0 Å². The number of piperidine rings is 1. The molecular formula is C16H26N2. The van der Waals surface area contributed by atoms with Gasteiger partial charge in [0.2, 0.25) is 0 Å². The van der Waals surface area contributed by atoms with Crippen LogP contribution in [0.15, 0.2) is 30.3 Å². The molecule has 18 heavy (non-hydrogen) atoms. The number of hydrogen-bond donors (Lipinski definition) is 1. The molecule has 1 aliphatic rings. The lowest BCUT2D eigenvalue weighted by Crippen LogP contribution is -2.42. The summed E-state index contributed by atoms with van der Waals surface area (Å²) in [5.74, 6) is 0. The van der Waals surface area contributed by atoms with E-state index in [1.165, 1.54) is 37.8 Å². The zero-order chi connectivity index (χ0) is 12.8. The minimum absolute atomic E-state index is 0.572. The van der Waals surface area contributed by atoms with E-state index >= 15 is 0 Å². The summed E-state index contributed by atoms with van der Waals surface area (Å²) in [6.45, 7) is 4.34. The minimum Gasteiger partial charge on any atom is -0.330 e. The van der Waals surface area contributed by atoms with Crippen molar-refractivity contribution in [3.05, 3.63) is 35.9 Å². The average Bonchev–Trinajstić information content (AvgIpc) is 2.43. The monoisotopic (exact) mass is 246 g/mol. The van der Waals surface area contributed by atoms with Crippen LogP contribution in [0.3, 0.4) is 0 Å². The zero-order valence-electron chi connectivity index (χ0n) is 11.5. The van der Waals surface area contributed by atoms with Crippen molar-refractivity contribution in [1.29, 1.82) is 0 Å². The topological polar surface area (TPSA) is 29.3 Å². The third kappa shape index (κ3) is 3.12. The van der Waals surface area contributed by atoms with Crippen molar-refractivity contribution in [2.45, 2.75) is 51.1 Å². The molecule has 2 N–H and O–H groups in total. The predicted octanol–water partition coefficient (Wildman–Crippen LogP) is 3.34. The van der Waals surface area contributed by atoms with Crippen LogP contribution >= 0.6 is 0 Å². The standard InChI is InChI=1S/C16H26N2/c1-2-16(14-8-4-3-5-9-14)18-13-7-6-10-15(18)11-12-17/h3-5,8-9,15-16H,2,6-7,10-13,17H2,1H3. The summed E-state index contributed by atoms with van der Waals surface area (Å²) in [6, 6.07) is 12.2. The van der Waals surface area contributed by atoms with Gasteiger partial charge in [0.25, 0.3) is 0 Å². The third-order valence-corrected chi connectivity index (χ3v) is 4.14. The van der Waals surface area contributed by atoms with Gasteiger partial charge >= 0.3 is 0 Å². The molecule has 2 rings (SSSR count). The smallest absolute Gasteiger partial charge is 0.0348 e. The van der Waals surface area contributed by atoms with Crippen LogP contribution in [0.5, 0.6) is 0 Å². The molecule has 1 fully saturated rings. The molecule has 0 aromatic heterocycles. The van der Waals surface area contributed by atoms with E-state index in [1.54, 1.807) is 0 Å². The van der Waals surface area contributed by atoms with Crippen LogP contribution in [0, 0.1) is 0 Å². The van der Waals surface area contributed by atoms with Crippen molar-refractivity contribution < 1.29 is 0 Å². The van der Waals surface area contributed by atoms with Crippen molar-refractivity contribution in [1.82, 2.24) is 4.90 Å². The van der Waals surface area contributed by atoms with Crippen molar-refractivity contribution in [2.24, 2.45) is 5.73 Å². The number of nitrogens with two attached hydrogens (primary N) is 1. The largest absolute Gasteiger partial charge is 0.330 e. The Hall–Kier alpha value is -0.860. The van der Waals surface area contributed by atoms with Crippen LogP contribution in [0.25, 0.3) is 0 Å². The summed E-state index contributed by atoms with van der Waals surface area (Å²) >= 11 is 0. The van der Waals surface area contributed by atoms with Crippen molar-refractivity contribution in [3.8, 4) is 0 Å². The highest BCUT2D eigenvalue weighted by atomic mass is 15.2. The molecule has 0 aliphatic carbocycles. The van der Waals surface area contributed by atoms with Gasteiger partial charge in [0, 0.05) is 12.1 Å². The fraction of sp³-hybridized carbons (Fsp3) is 0.625. The second-order valence-electron chi connectivity index (χ2n) is 5.30. The molecule has 1 saturated heterocycles. The van der Waals surface area contributed by atoms with Crippen LogP contribution in [0.2, 0.25) is 0 Å². The Balaban J connectivity index is 2.14. The molecule has 1 aromatic rings. The van der Waals surface area contributed by atoms with Crippen LogP contribution < -0.4 is 5.73 Å². The molecule has 2 heteroatoms. The van der Waals surface area contributed by atoms with Gasteiger partial charge in [-0.1, -0.05) is 43.7 Å². The van der Waals surface area contributed by atoms with E-state index < -0.39 is 0 Å². The van der Waals surface area contributed by atoms with Gasteiger partial charge in [-0.25, -0.2) is 0 Å². The molecule has 2 unspecified atom stereocenters. The quantitative estimate of drug-likeness (QED) is 0.863. The molecular weight excluding hydrogens is 220 g/mol. The summed E-state index contributed by atoms with van der Waals surface area (Å²) in [7, 11) is 0. The van der Waals surface area contributed by atoms with E-state index in [-0.39, 0.29) is 0 Å². The first-order valence-electron chi connectivity index (χ1n) is 7.37. The van der Waals surface area contributed by atoms with Gasteiger partial charge in [0.05, 0.1) is 0 Å². The van der Waals surface area contributed by atoms with E-state index in [0.717, 1.165) is 13.0 Å². The Labute approximate surface area is 111 Å². The Morgan fingerprint density at radius 3 is 2.72 bits per heavy atom. The molecule has 1 aliphatic heterocycles. The number of benzene rings is 1. The minimum atomic E-state index is 0.572. The maximum absolute atomic E-state index is 5.78. The van der Waals surface area contributed by atoms with E-state index in [1.807, 2.05) is 0 Å². The first-order chi connectivity index (χ1) is 8.86. The summed E-state index contributed by atoms with van der Waals surface area (Å²) in [6.07, 6.45) is 6.35. The summed E-state index contributed by atoms with van der Waals surface area (Å²) < 4.78 is 0. The highest BCUT2D eigenvalue weighted by molar-refractivity contribution is 5.19. The lowest BCUT2D eigenvalue weighted by molar-refractivity contribution is 0.0871. The maximum Gasteiger partial charge on any atom is 0.0348 e. The van der Waals surface area contributed by atoms with Gasteiger partial charge in [-0.15, -0.1) is 0 Å². The van der Waals surface area contributed by atoms with E-state index in [2.05, 4.69) is 42.2 Å². The summed E-state index contributed by atoms with van der Waals surface area (Å²) in [5, 5.41) is 0. The number of likely N-dealkylation sites (tertiary alicyclic amines) is 1. The van der Waals surface area contributed by atoms with Gasteiger partial charge in [0.1, 0.15) is 0 Å². The second kappa shape index (κ2) is 6.91. The molecule has 1 heterocycles. The molecule has 1 aromatic carbocycles. The Bertz CT molecular complexity index is 334. The molecule has 2 atom stereocenters. The molecule has 2 nitrogen and oxygen atoms in total. The van der Waals surface area contributed by atoms with Gasteiger partial charge in [0.15, 0.2) is 0 Å². The van der Waals surface area contributed by atoms with E-state index in [4.69, 9.17) is 5.73 Å². The molecule has 0 spiro atoms. The maximum atomic E-state index is 5.78. The average molecular weight is 246 g/mol. The van der Waals surface area contributed by atoms with Gasteiger partial charge in [-0.3, -0.25) is 4.90 Å². The molecule has 0 radical (unpaired) electrons. The molecule has 100 valence electrons. The van der Waals surface area contributed by atoms with Crippen LogP contribution in [0.1, 0.15) is 50.6 Å². The Kier molecular flexibility index (Phi) is 5.21. The van der Waals surface area contributed by atoms with Crippen molar-refractivity contribution in [2.75, 3.05) is 13.1 Å². The van der Waals surface area contributed by atoms with Gasteiger partial charge in [-0.05, 0) is 44.3 Å². The summed E-state index contributed by atoms with van der Waals surface area (Å²) in [4.78, 5) is 2.70. The molecule has 0 amide bonds. The lowest BCUT2D eigenvalue weighted by atomic mass is 9.93. The normalized spacial score (nSPS) is 22.9. The van der Waals surface area contributed by atoms with Gasteiger partial charge < -0.3 is 5.73 Å². The fourth-order valence-electron chi connectivity index (χ4n) is 3.27. The third-order valence-electron chi connectivity index (χ3n) is 4.14. The van der Waals surface area contributed by atoms with E-state index in [0.29, 0.717) is 12.1 Å². The summed E-state index contributed by atoms with van der Waals surface area (Å²) in [5.41, 5.74) is 7.24. The Morgan fingerprint density at radius 1 is 1.28 bits per heavy atom. The van der Waals surface area contributed by atoms with Crippen LogP contribution in [0.4, 0.5) is 0 Å². The van der Waals surface area contributed by atoms with Crippen LogP contribution in [-0.2, 0) is 0 Å². The molecule has 0 bridgehead atoms. The first-order valence-corrected chi connectivity index (χ1v) is 7.37. The van der Waals surface area contributed by atoms with Crippen molar-refractivity contribution in [3.63, 3.8) is 0 Å². The number of hydrogen-bond acceptors (Lipinski definition) is 2.